The lowest BCUT2D eigenvalue weighted by Gasteiger charge is -2.27. The molecule has 31 heavy (non-hydrogen) atoms. The van der Waals surface area contributed by atoms with Gasteiger partial charge in [-0.15, -0.1) is 0 Å². The lowest BCUT2D eigenvalue weighted by atomic mass is 9.90. The van der Waals surface area contributed by atoms with Crippen molar-refractivity contribution in [3.63, 3.8) is 0 Å². The van der Waals surface area contributed by atoms with E-state index in [0.717, 1.165) is 5.56 Å². The number of carbonyl (C=O) groups excluding carboxylic acids is 1. The SMILES string of the molecule is COc1ccc(C(=N)C(CCc2ccc(F)cc2)C(=O)N=C(N)N2CCOCC2)cc1. The van der Waals surface area contributed by atoms with Gasteiger partial charge < -0.3 is 25.5 Å². The van der Waals surface area contributed by atoms with Gasteiger partial charge in [-0.3, -0.25) is 4.79 Å². The van der Waals surface area contributed by atoms with E-state index in [0.29, 0.717) is 50.5 Å². The Morgan fingerprint density at radius 2 is 1.84 bits per heavy atom. The van der Waals surface area contributed by atoms with Crippen molar-refractivity contribution in [2.24, 2.45) is 16.6 Å². The van der Waals surface area contributed by atoms with E-state index >= 15 is 0 Å². The maximum atomic E-state index is 13.2. The Morgan fingerprint density at radius 3 is 2.45 bits per heavy atom. The molecule has 1 atom stereocenters. The summed E-state index contributed by atoms with van der Waals surface area (Å²) in [5.74, 6) is -0.752. The van der Waals surface area contributed by atoms with Crippen molar-refractivity contribution < 1.29 is 18.7 Å². The molecule has 7 nitrogen and oxygen atoms in total. The van der Waals surface area contributed by atoms with E-state index in [9.17, 15) is 9.18 Å². The van der Waals surface area contributed by atoms with Gasteiger partial charge >= 0.3 is 0 Å². The molecule has 1 unspecified atom stereocenters. The van der Waals surface area contributed by atoms with Crippen molar-refractivity contribution in [1.82, 2.24) is 4.90 Å². The van der Waals surface area contributed by atoms with Crippen LogP contribution in [0.1, 0.15) is 17.5 Å². The summed E-state index contributed by atoms with van der Waals surface area (Å²) in [6.45, 7) is 2.19. The summed E-state index contributed by atoms with van der Waals surface area (Å²) in [6.07, 6.45) is 0.859. The molecule has 1 heterocycles. The second-order valence-electron chi connectivity index (χ2n) is 7.27. The number of guanidine groups is 1. The molecule has 2 aromatic carbocycles. The lowest BCUT2D eigenvalue weighted by molar-refractivity contribution is -0.119. The van der Waals surface area contributed by atoms with Gasteiger partial charge in [-0.05, 0) is 60.4 Å². The minimum absolute atomic E-state index is 0.141. The Hall–Kier alpha value is -3.26. The molecule has 1 fully saturated rings. The van der Waals surface area contributed by atoms with E-state index in [1.165, 1.54) is 12.1 Å². The molecule has 0 bridgehead atoms. The number of methoxy groups -OCH3 is 1. The average molecular weight is 426 g/mol. The molecule has 0 saturated carbocycles. The Labute approximate surface area is 181 Å². The quantitative estimate of drug-likeness (QED) is 0.524. The van der Waals surface area contributed by atoms with Gasteiger partial charge in [0.25, 0.3) is 5.91 Å². The molecule has 0 radical (unpaired) electrons. The summed E-state index contributed by atoms with van der Waals surface area (Å²) in [5, 5.41) is 8.67. The zero-order valence-electron chi connectivity index (χ0n) is 17.5. The van der Waals surface area contributed by atoms with Crippen molar-refractivity contribution in [3.05, 3.63) is 65.5 Å². The fourth-order valence-electron chi connectivity index (χ4n) is 3.38. The number of nitrogens with zero attached hydrogens (tertiary/aromatic N) is 2. The van der Waals surface area contributed by atoms with Gasteiger partial charge in [0.05, 0.1) is 32.0 Å². The smallest absolute Gasteiger partial charge is 0.258 e. The fourth-order valence-corrected chi connectivity index (χ4v) is 3.38. The minimum Gasteiger partial charge on any atom is -0.497 e. The molecule has 0 spiro atoms. The molecule has 1 amide bonds. The first-order chi connectivity index (χ1) is 15.0. The van der Waals surface area contributed by atoms with Crippen molar-refractivity contribution in [2.45, 2.75) is 12.8 Å². The van der Waals surface area contributed by atoms with Crippen LogP contribution in [0.15, 0.2) is 53.5 Å². The number of halogens is 1. The maximum absolute atomic E-state index is 13.2. The van der Waals surface area contributed by atoms with E-state index in [2.05, 4.69) is 4.99 Å². The van der Waals surface area contributed by atoms with E-state index in [4.69, 9.17) is 20.6 Å². The van der Waals surface area contributed by atoms with Crippen LogP contribution in [-0.2, 0) is 16.0 Å². The number of carbonyl (C=O) groups is 1. The third-order valence-corrected chi connectivity index (χ3v) is 5.24. The summed E-state index contributed by atoms with van der Waals surface area (Å²) in [4.78, 5) is 19.0. The normalized spacial score (nSPS) is 15.4. The number of aliphatic imine (C=N–C) groups is 1. The van der Waals surface area contributed by atoms with Gasteiger partial charge in [0.2, 0.25) is 0 Å². The predicted molar refractivity (Wildman–Crippen MR) is 117 cm³/mol. The second kappa shape index (κ2) is 10.7. The number of aryl methyl sites for hydroxylation is 1. The summed E-state index contributed by atoms with van der Waals surface area (Å²) in [7, 11) is 1.57. The molecular formula is C23H27FN4O3. The fraction of sp³-hybridized carbons (Fsp3) is 0.348. The number of rotatable bonds is 7. The Morgan fingerprint density at radius 1 is 1.19 bits per heavy atom. The number of hydrogen-bond donors (Lipinski definition) is 2. The highest BCUT2D eigenvalue weighted by Gasteiger charge is 2.26. The number of amides is 1. The number of ether oxygens (including phenoxy) is 2. The summed E-state index contributed by atoms with van der Waals surface area (Å²) in [6, 6.07) is 13.1. The van der Waals surface area contributed by atoms with Gasteiger partial charge in [0.15, 0.2) is 5.96 Å². The van der Waals surface area contributed by atoms with Gasteiger partial charge in [-0.1, -0.05) is 12.1 Å². The highest BCUT2D eigenvalue weighted by molar-refractivity contribution is 6.13. The van der Waals surface area contributed by atoms with Gasteiger partial charge in [0.1, 0.15) is 11.6 Å². The summed E-state index contributed by atoms with van der Waals surface area (Å²) >= 11 is 0. The first-order valence-corrected chi connectivity index (χ1v) is 10.2. The lowest BCUT2D eigenvalue weighted by Crippen LogP contribution is -2.45. The van der Waals surface area contributed by atoms with E-state index in [-0.39, 0.29) is 17.5 Å². The van der Waals surface area contributed by atoms with Gasteiger partial charge in [-0.25, -0.2) is 4.39 Å². The second-order valence-corrected chi connectivity index (χ2v) is 7.27. The average Bonchev–Trinajstić information content (AvgIpc) is 2.80. The van der Waals surface area contributed by atoms with Gasteiger partial charge in [-0.2, -0.15) is 4.99 Å². The number of benzene rings is 2. The summed E-state index contributed by atoms with van der Waals surface area (Å²) in [5.41, 5.74) is 7.71. The third kappa shape index (κ3) is 6.11. The Kier molecular flexibility index (Phi) is 7.72. The maximum Gasteiger partial charge on any atom is 0.258 e. The molecule has 0 aromatic heterocycles. The molecule has 3 rings (SSSR count). The molecule has 0 aliphatic carbocycles. The molecule has 1 aliphatic heterocycles. The van der Waals surface area contributed by atoms with Crippen molar-refractivity contribution in [1.29, 1.82) is 5.41 Å². The molecule has 8 heteroatoms. The zero-order valence-corrected chi connectivity index (χ0v) is 17.5. The van der Waals surface area contributed by atoms with Crippen molar-refractivity contribution in [3.8, 4) is 5.75 Å². The molecule has 1 aliphatic rings. The highest BCUT2D eigenvalue weighted by atomic mass is 19.1. The van der Waals surface area contributed by atoms with Crippen LogP contribution in [-0.4, -0.2) is 55.9 Å². The largest absolute Gasteiger partial charge is 0.497 e. The predicted octanol–water partition coefficient (Wildman–Crippen LogP) is 2.62. The summed E-state index contributed by atoms with van der Waals surface area (Å²) < 4.78 is 23.7. The van der Waals surface area contributed by atoms with Crippen molar-refractivity contribution >= 4 is 17.6 Å². The Bertz CT molecular complexity index is 923. The van der Waals surface area contributed by atoms with E-state index in [1.54, 1.807) is 48.4 Å². The van der Waals surface area contributed by atoms with Gasteiger partial charge in [0, 0.05) is 13.1 Å². The monoisotopic (exact) mass is 426 g/mol. The van der Waals surface area contributed by atoms with E-state index < -0.39 is 11.8 Å². The number of nitrogens with one attached hydrogen (secondary N) is 1. The van der Waals surface area contributed by atoms with Crippen LogP contribution < -0.4 is 10.5 Å². The standard InChI is InChI=1S/C23H27FN4O3/c1-30-19-9-5-17(6-10-19)21(25)20(11-4-16-2-7-18(24)8-3-16)22(29)27-23(26)28-12-14-31-15-13-28/h2-3,5-10,20,25H,4,11-15H2,1H3,(H2,26,27,29). The number of morpholine rings is 1. The van der Waals surface area contributed by atoms with E-state index in [1.807, 2.05) is 0 Å². The molecule has 1 saturated heterocycles. The van der Waals surface area contributed by atoms with Crippen LogP contribution in [0, 0.1) is 17.1 Å². The Balaban J connectivity index is 1.80. The molecule has 2 aromatic rings. The molecule has 164 valence electrons. The van der Waals surface area contributed by atoms with Crippen LogP contribution in [0.25, 0.3) is 0 Å². The van der Waals surface area contributed by atoms with Crippen LogP contribution in [0.3, 0.4) is 0 Å². The first-order valence-electron chi connectivity index (χ1n) is 10.2. The molecular weight excluding hydrogens is 399 g/mol. The first kappa shape index (κ1) is 22.4. The zero-order chi connectivity index (χ0) is 22.2. The van der Waals surface area contributed by atoms with Crippen molar-refractivity contribution in [2.75, 3.05) is 33.4 Å². The van der Waals surface area contributed by atoms with Crippen LogP contribution >= 0.6 is 0 Å². The van der Waals surface area contributed by atoms with Crippen LogP contribution in [0.4, 0.5) is 4.39 Å². The number of hydrogen-bond acceptors (Lipinski definition) is 4. The highest BCUT2D eigenvalue weighted by Crippen LogP contribution is 2.20. The van der Waals surface area contributed by atoms with Crippen LogP contribution in [0.2, 0.25) is 0 Å². The van der Waals surface area contributed by atoms with Crippen LogP contribution in [0.5, 0.6) is 5.75 Å². The number of nitrogens with two attached hydrogens (primary N) is 1. The minimum atomic E-state index is -0.780. The third-order valence-electron chi connectivity index (χ3n) is 5.24. The topological polar surface area (TPSA) is 101 Å². The molecule has 3 N–H and O–H groups in total.